The van der Waals surface area contributed by atoms with Gasteiger partial charge in [0, 0.05) is 20.1 Å². The van der Waals surface area contributed by atoms with Crippen LogP contribution in [-0.4, -0.2) is 61.2 Å². The molecular weight excluding hydrogens is 242 g/mol. The van der Waals surface area contributed by atoms with Crippen LogP contribution >= 0.6 is 0 Å². The first kappa shape index (κ1) is 14.9. The van der Waals surface area contributed by atoms with Crippen LogP contribution in [-0.2, 0) is 14.2 Å². The molecule has 4 atom stereocenters. The molecule has 18 heavy (non-hydrogen) atoms. The van der Waals surface area contributed by atoms with Crippen molar-refractivity contribution in [2.24, 2.45) is 0 Å². The highest BCUT2D eigenvalue weighted by molar-refractivity contribution is 5.67. The van der Waals surface area contributed by atoms with Gasteiger partial charge in [0.25, 0.3) is 0 Å². The van der Waals surface area contributed by atoms with Crippen LogP contribution in [0.25, 0.3) is 0 Å². The number of nitrogens with one attached hydrogen (secondary N) is 1. The molecule has 0 aromatic carbocycles. The van der Waals surface area contributed by atoms with Crippen molar-refractivity contribution in [3.05, 3.63) is 12.7 Å². The third-order valence-corrected chi connectivity index (χ3v) is 2.54. The largest absolute Gasteiger partial charge is 0.445 e. The van der Waals surface area contributed by atoms with Crippen molar-refractivity contribution in [2.45, 2.75) is 31.0 Å². The van der Waals surface area contributed by atoms with Crippen LogP contribution in [0.5, 0.6) is 0 Å². The van der Waals surface area contributed by atoms with Crippen molar-refractivity contribution in [3.8, 4) is 0 Å². The highest BCUT2D eigenvalue weighted by Crippen LogP contribution is 2.20. The number of hydrogen-bond donors (Lipinski definition) is 3. The quantitative estimate of drug-likeness (QED) is 0.571. The van der Waals surface area contributed by atoms with E-state index in [0.717, 1.165) is 0 Å². The van der Waals surface area contributed by atoms with E-state index in [0.29, 0.717) is 0 Å². The van der Waals surface area contributed by atoms with Crippen molar-refractivity contribution < 1.29 is 29.2 Å². The van der Waals surface area contributed by atoms with Gasteiger partial charge in [0.2, 0.25) is 0 Å². The fourth-order valence-corrected chi connectivity index (χ4v) is 1.63. The maximum atomic E-state index is 11.2. The highest BCUT2D eigenvalue weighted by Gasteiger charge is 2.36. The Morgan fingerprint density at radius 3 is 2.94 bits per heavy atom. The molecule has 1 fully saturated rings. The molecule has 3 N–H and O–H groups in total. The number of aliphatic hydroxyl groups excluding tert-OH is 2. The van der Waals surface area contributed by atoms with E-state index in [-0.39, 0.29) is 19.6 Å². The Bertz CT molecular complexity index is 285. The van der Waals surface area contributed by atoms with Crippen molar-refractivity contribution in [1.29, 1.82) is 0 Å². The van der Waals surface area contributed by atoms with Crippen LogP contribution < -0.4 is 5.32 Å². The topological polar surface area (TPSA) is 97.3 Å². The first-order chi connectivity index (χ1) is 8.58. The number of carbonyl (C=O) groups is 1. The molecule has 0 aromatic heterocycles. The first-order valence-electron chi connectivity index (χ1n) is 5.64. The Labute approximate surface area is 105 Å². The SMILES string of the molecule is C=CCOC(=O)NC[C@@H]1C[C@H](O)[C@@H](O)[C@@H](OC)O1. The molecule has 0 aliphatic carbocycles. The van der Waals surface area contributed by atoms with Crippen LogP contribution in [0, 0.1) is 0 Å². The lowest BCUT2D eigenvalue weighted by Crippen LogP contribution is -2.51. The van der Waals surface area contributed by atoms with E-state index in [9.17, 15) is 15.0 Å². The summed E-state index contributed by atoms with van der Waals surface area (Å²) >= 11 is 0. The molecule has 1 rings (SSSR count). The lowest BCUT2D eigenvalue weighted by atomic mass is 10.0. The minimum atomic E-state index is -1.08. The van der Waals surface area contributed by atoms with Gasteiger partial charge in [-0.3, -0.25) is 0 Å². The summed E-state index contributed by atoms with van der Waals surface area (Å²) in [5, 5.41) is 21.6. The predicted octanol–water partition coefficient (Wildman–Crippen LogP) is -0.618. The maximum absolute atomic E-state index is 11.2. The number of methoxy groups -OCH3 is 1. The first-order valence-corrected chi connectivity index (χ1v) is 5.64. The maximum Gasteiger partial charge on any atom is 0.407 e. The number of hydrogen-bond acceptors (Lipinski definition) is 6. The van der Waals surface area contributed by atoms with Gasteiger partial charge in [-0.1, -0.05) is 12.7 Å². The summed E-state index contributed by atoms with van der Waals surface area (Å²) < 4.78 is 15.0. The molecule has 0 bridgehead atoms. The van der Waals surface area contributed by atoms with Gasteiger partial charge < -0.3 is 29.7 Å². The van der Waals surface area contributed by atoms with Gasteiger partial charge in [-0.2, -0.15) is 0 Å². The Hall–Kier alpha value is -1.15. The van der Waals surface area contributed by atoms with Crippen LogP contribution in [0.15, 0.2) is 12.7 Å². The van der Waals surface area contributed by atoms with E-state index in [2.05, 4.69) is 11.9 Å². The van der Waals surface area contributed by atoms with Crippen molar-refractivity contribution in [2.75, 3.05) is 20.3 Å². The molecule has 7 heteroatoms. The minimum Gasteiger partial charge on any atom is -0.445 e. The smallest absolute Gasteiger partial charge is 0.407 e. The van der Waals surface area contributed by atoms with E-state index in [1.165, 1.54) is 13.2 Å². The summed E-state index contributed by atoms with van der Waals surface area (Å²) in [4.78, 5) is 11.2. The minimum absolute atomic E-state index is 0.124. The summed E-state index contributed by atoms with van der Waals surface area (Å²) in [6.07, 6.45) is -2.29. The molecule has 1 heterocycles. The highest BCUT2D eigenvalue weighted by atomic mass is 16.7. The molecule has 0 aromatic rings. The Morgan fingerprint density at radius 2 is 2.33 bits per heavy atom. The molecule has 7 nitrogen and oxygen atoms in total. The van der Waals surface area contributed by atoms with Gasteiger partial charge in [0.15, 0.2) is 6.29 Å². The van der Waals surface area contributed by atoms with Gasteiger partial charge in [-0.15, -0.1) is 0 Å². The number of aliphatic hydroxyl groups is 2. The standard InChI is InChI=1S/C11H19NO6/c1-3-4-17-11(15)12-6-7-5-8(13)9(14)10(16-2)18-7/h3,7-10,13-14H,1,4-6H2,2H3,(H,12,15)/t7-,8-,9+,10-/m0/s1. The zero-order valence-electron chi connectivity index (χ0n) is 10.2. The lowest BCUT2D eigenvalue weighted by molar-refractivity contribution is -0.256. The van der Waals surface area contributed by atoms with Crippen LogP contribution in [0.2, 0.25) is 0 Å². The Balaban J connectivity index is 2.34. The molecule has 1 aliphatic rings. The molecule has 0 spiro atoms. The molecule has 0 radical (unpaired) electrons. The molecular formula is C11H19NO6. The average Bonchev–Trinajstić information content (AvgIpc) is 2.37. The molecule has 104 valence electrons. The summed E-state index contributed by atoms with van der Waals surface area (Å²) in [5.41, 5.74) is 0. The number of rotatable bonds is 5. The normalized spacial score (nSPS) is 31.7. The van der Waals surface area contributed by atoms with Crippen LogP contribution in [0.3, 0.4) is 0 Å². The Kier molecular flexibility index (Phi) is 6.06. The number of carbonyl (C=O) groups excluding carboxylic acids is 1. The van der Waals surface area contributed by atoms with Gasteiger partial charge >= 0.3 is 6.09 Å². The second kappa shape index (κ2) is 7.32. The third kappa shape index (κ3) is 4.26. The summed E-state index contributed by atoms with van der Waals surface area (Å²) in [5.74, 6) is 0. The zero-order valence-corrected chi connectivity index (χ0v) is 10.2. The Morgan fingerprint density at radius 1 is 1.61 bits per heavy atom. The second-order valence-corrected chi connectivity index (χ2v) is 3.92. The third-order valence-electron chi connectivity index (χ3n) is 2.54. The lowest BCUT2D eigenvalue weighted by Gasteiger charge is -2.36. The predicted molar refractivity (Wildman–Crippen MR) is 61.8 cm³/mol. The van der Waals surface area contributed by atoms with Gasteiger partial charge in [0.1, 0.15) is 12.7 Å². The summed E-state index contributed by atoms with van der Waals surface area (Å²) in [6.45, 7) is 3.71. The van der Waals surface area contributed by atoms with Crippen molar-refractivity contribution in [3.63, 3.8) is 0 Å². The van der Waals surface area contributed by atoms with E-state index in [1.54, 1.807) is 0 Å². The molecule has 0 saturated carbocycles. The average molecular weight is 261 g/mol. The fourth-order valence-electron chi connectivity index (χ4n) is 1.63. The van der Waals surface area contributed by atoms with E-state index in [1.807, 2.05) is 0 Å². The monoisotopic (exact) mass is 261 g/mol. The van der Waals surface area contributed by atoms with Crippen molar-refractivity contribution in [1.82, 2.24) is 5.32 Å². The summed E-state index contributed by atoms with van der Waals surface area (Å²) in [6, 6.07) is 0. The van der Waals surface area contributed by atoms with Gasteiger partial charge in [0.05, 0.1) is 12.2 Å². The number of ether oxygens (including phenoxy) is 3. The van der Waals surface area contributed by atoms with E-state index < -0.39 is 30.7 Å². The van der Waals surface area contributed by atoms with Gasteiger partial charge in [-0.25, -0.2) is 4.79 Å². The van der Waals surface area contributed by atoms with Crippen LogP contribution in [0.4, 0.5) is 4.79 Å². The zero-order chi connectivity index (χ0) is 13.5. The van der Waals surface area contributed by atoms with E-state index >= 15 is 0 Å². The second-order valence-electron chi connectivity index (χ2n) is 3.92. The van der Waals surface area contributed by atoms with Crippen LogP contribution in [0.1, 0.15) is 6.42 Å². The fraction of sp³-hybridized carbons (Fsp3) is 0.727. The number of alkyl carbamates (subject to hydrolysis) is 1. The van der Waals surface area contributed by atoms with Crippen molar-refractivity contribution >= 4 is 6.09 Å². The summed E-state index contributed by atoms with van der Waals surface area (Å²) in [7, 11) is 1.37. The molecule has 0 unspecified atom stereocenters. The molecule has 1 amide bonds. The molecule has 1 saturated heterocycles. The van der Waals surface area contributed by atoms with Gasteiger partial charge in [-0.05, 0) is 0 Å². The molecule has 1 aliphatic heterocycles. The number of amides is 1. The van der Waals surface area contributed by atoms with E-state index in [4.69, 9.17) is 14.2 Å².